The quantitative estimate of drug-likeness (QED) is 0.851. The van der Waals surface area contributed by atoms with Crippen LogP contribution in [0.3, 0.4) is 0 Å². The van der Waals surface area contributed by atoms with E-state index in [2.05, 4.69) is 4.90 Å². The van der Waals surface area contributed by atoms with E-state index >= 15 is 0 Å². The summed E-state index contributed by atoms with van der Waals surface area (Å²) in [5, 5.41) is 0. The molecule has 0 spiro atoms. The second-order valence-electron chi connectivity index (χ2n) is 6.36. The Hall–Kier alpha value is -1.42. The minimum absolute atomic E-state index is 0.183. The summed E-state index contributed by atoms with van der Waals surface area (Å²) < 4.78 is 12.9. The van der Waals surface area contributed by atoms with Gasteiger partial charge in [-0.05, 0) is 43.4 Å². The first kappa shape index (κ1) is 14.5. The summed E-state index contributed by atoms with van der Waals surface area (Å²) in [7, 11) is 1.96. The highest BCUT2D eigenvalue weighted by Crippen LogP contribution is 2.32. The summed E-state index contributed by atoms with van der Waals surface area (Å²) in [5.74, 6) is 0.469. The van der Waals surface area contributed by atoms with Crippen molar-refractivity contribution in [1.29, 1.82) is 0 Å². The molecule has 1 aliphatic heterocycles. The number of hydrogen-bond donors (Lipinski definition) is 0. The minimum Gasteiger partial charge on any atom is -0.342 e. The van der Waals surface area contributed by atoms with Crippen LogP contribution < -0.4 is 0 Å². The summed E-state index contributed by atoms with van der Waals surface area (Å²) >= 11 is 0. The summed E-state index contributed by atoms with van der Waals surface area (Å²) in [6.45, 7) is 2.88. The molecule has 1 amide bonds. The van der Waals surface area contributed by atoms with Gasteiger partial charge in [-0.1, -0.05) is 12.1 Å². The fourth-order valence-electron chi connectivity index (χ4n) is 3.11. The number of likely N-dealkylation sites (tertiary alicyclic amines) is 1. The molecular weight excluding hydrogens is 267 g/mol. The van der Waals surface area contributed by atoms with Crippen molar-refractivity contribution >= 4 is 5.91 Å². The third kappa shape index (κ3) is 3.62. The van der Waals surface area contributed by atoms with Gasteiger partial charge < -0.3 is 4.90 Å². The number of carbonyl (C=O) groups excluding carboxylic acids is 1. The van der Waals surface area contributed by atoms with E-state index in [1.54, 1.807) is 0 Å². The second kappa shape index (κ2) is 6.14. The normalized spacial score (nSPS) is 20.5. The van der Waals surface area contributed by atoms with E-state index in [-0.39, 0.29) is 5.82 Å². The maximum absolute atomic E-state index is 12.9. The molecule has 3 nitrogen and oxygen atoms in total. The number of amides is 1. The molecule has 114 valence electrons. The Morgan fingerprint density at radius 2 is 1.81 bits per heavy atom. The zero-order chi connectivity index (χ0) is 14.8. The Kier molecular flexibility index (Phi) is 4.24. The molecule has 0 bridgehead atoms. The Morgan fingerprint density at radius 1 is 1.19 bits per heavy atom. The lowest BCUT2D eigenvalue weighted by Crippen LogP contribution is -2.45. The van der Waals surface area contributed by atoms with E-state index in [1.807, 2.05) is 24.1 Å². The van der Waals surface area contributed by atoms with E-state index in [0.29, 0.717) is 17.9 Å². The highest BCUT2D eigenvalue weighted by atomic mass is 19.1. The fraction of sp³-hybridized carbons (Fsp3) is 0.588. The zero-order valence-corrected chi connectivity index (χ0v) is 12.6. The van der Waals surface area contributed by atoms with E-state index in [0.717, 1.165) is 50.9 Å². The number of benzene rings is 1. The number of nitrogens with zero attached hydrogens (tertiary/aromatic N) is 2. The number of halogens is 1. The average molecular weight is 290 g/mol. The van der Waals surface area contributed by atoms with Crippen molar-refractivity contribution in [3.8, 4) is 0 Å². The molecule has 0 N–H and O–H groups in total. The highest BCUT2D eigenvalue weighted by molar-refractivity contribution is 5.81. The van der Waals surface area contributed by atoms with E-state index in [1.165, 1.54) is 12.1 Å². The van der Waals surface area contributed by atoms with Crippen LogP contribution in [-0.2, 0) is 11.3 Å². The van der Waals surface area contributed by atoms with Crippen LogP contribution in [0.4, 0.5) is 4.39 Å². The molecule has 1 heterocycles. The third-order valence-corrected chi connectivity index (χ3v) is 4.70. The van der Waals surface area contributed by atoms with Gasteiger partial charge in [0.2, 0.25) is 5.91 Å². The first-order valence-corrected chi connectivity index (χ1v) is 7.87. The molecule has 1 aromatic rings. The Labute approximate surface area is 125 Å². The van der Waals surface area contributed by atoms with Crippen molar-refractivity contribution in [2.24, 2.45) is 5.92 Å². The molecule has 0 radical (unpaired) electrons. The summed E-state index contributed by atoms with van der Waals surface area (Å²) in [6, 6.07) is 7.13. The van der Waals surface area contributed by atoms with Gasteiger partial charge in [0, 0.05) is 38.6 Å². The highest BCUT2D eigenvalue weighted by Gasteiger charge is 2.35. The summed E-state index contributed by atoms with van der Waals surface area (Å²) in [4.78, 5) is 16.5. The Morgan fingerprint density at radius 3 is 2.38 bits per heavy atom. The monoisotopic (exact) mass is 290 g/mol. The van der Waals surface area contributed by atoms with Crippen molar-refractivity contribution in [2.75, 3.05) is 20.1 Å². The topological polar surface area (TPSA) is 23.6 Å². The summed E-state index contributed by atoms with van der Waals surface area (Å²) in [6.07, 6.45) is 4.23. The first-order valence-electron chi connectivity index (χ1n) is 7.87. The first-order chi connectivity index (χ1) is 10.1. The van der Waals surface area contributed by atoms with Gasteiger partial charge in [-0.25, -0.2) is 4.39 Å². The SMILES string of the molecule is CN(C(=O)C1CC1)C1CCN(Cc2ccc(F)cc2)CC1. The van der Waals surface area contributed by atoms with Crippen molar-refractivity contribution in [1.82, 2.24) is 9.80 Å². The molecule has 1 saturated carbocycles. The Bertz CT molecular complexity index is 490. The van der Waals surface area contributed by atoms with Gasteiger partial charge in [-0.3, -0.25) is 9.69 Å². The van der Waals surface area contributed by atoms with E-state index < -0.39 is 0 Å². The minimum atomic E-state index is -0.183. The van der Waals surface area contributed by atoms with Gasteiger partial charge in [0.25, 0.3) is 0 Å². The van der Waals surface area contributed by atoms with Crippen molar-refractivity contribution < 1.29 is 9.18 Å². The largest absolute Gasteiger partial charge is 0.342 e. The van der Waals surface area contributed by atoms with Gasteiger partial charge in [-0.2, -0.15) is 0 Å². The standard InChI is InChI=1S/C17H23FN2O/c1-19(17(21)14-4-5-14)16-8-10-20(11-9-16)12-13-2-6-15(18)7-3-13/h2-3,6-7,14,16H,4-5,8-12H2,1H3. The van der Waals surface area contributed by atoms with E-state index in [9.17, 15) is 9.18 Å². The fourth-order valence-corrected chi connectivity index (χ4v) is 3.11. The van der Waals surface area contributed by atoms with Gasteiger partial charge in [-0.15, -0.1) is 0 Å². The molecule has 21 heavy (non-hydrogen) atoms. The predicted octanol–water partition coefficient (Wildman–Crippen LogP) is 2.66. The lowest BCUT2D eigenvalue weighted by molar-refractivity contribution is -0.134. The molecule has 0 atom stereocenters. The molecular formula is C17H23FN2O. The van der Waals surface area contributed by atoms with Crippen LogP contribution in [0.15, 0.2) is 24.3 Å². The van der Waals surface area contributed by atoms with Crippen LogP contribution in [0.2, 0.25) is 0 Å². The van der Waals surface area contributed by atoms with Crippen molar-refractivity contribution in [3.63, 3.8) is 0 Å². The van der Waals surface area contributed by atoms with Crippen molar-refractivity contribution in [3.05, 3.63) is 35.6 Å². The van der Waals surface area contributed by atoms with Gasteiger partial charge >= 0.3 is 0 Å². The lowest BCUT2D eigenvalue weighted by atomic mass is 10.0. The Balaban J connectivity index is 1.48. The molecule has 2 aliphatic rings. The molecule has 3 rings (SSSR count). The van der Waals surface area contributed by atoms with E-state index in [4.69, 9.17) is 0 Å². The zero-order valence-electron chi connectivity index (χ0n) is 12.6. The second-order valence-corrected chi connectivity index (χ2v) is 6.36. The number of piperidine rings is 1. The van der Waals surface area contributed by atoms with Crippen LogP contribution >= 0.6 is 0 Å². The number of hydrogen-bond acceptors (Lipinski definition) is 2. The lowest BCUT2D eigenvalue weighted by Gasteiger charge is -2.37. The maximum atomic E-state index is 12.9. The molecule has 1 saturated heterocycles. The smallest absolute Gasteiger partial charge is 0.225 e. The van der Waals surface area contributed by atoms with Crippen LogP contribution in [-0.4, -0.2) is 41.9 Å². The molecule has 1 aromatic carbocycles. The van der Waals surface area contributed by atoms with Crippen molar-refractivity contribution in [2.45, 2.75) is 38.3 Å². The van der Waals surface area contributed by atoms with Crippen LogP contribution in [0.25, 0.3) is 0 Å². The molecule has 2 fully saturated rings. The predicted molar refractivity (Wildman–Crippen MR) is 80.2 cm³/mol. The average Bonchev–Trinajstić information content (AvgIpc) is 3.34. The van der Waals surface area contributed by atoms with Gasteiger partial charge in [0.15, 0.2) is 0 Å². The van der Waals surface area contributed by atoms with Gasteiger partial charge in [0.05, 0.1) is 0 Å². The molecule has 1 aliphatic carbocycles. The number of carbonyl (C=O) groups is 1. The molecule has 0 aromatic heterocycles. The molecule has 0 unspecified atom stereocenters. The molecule has 4 heteroatoms. The maximum Gasteiger partial charge on any atom is 0.225 e. The number of rotatable bonds is 4. The van der Waals surface area contributed by atoms with Gasteiger partial charge in [0.1, 0.15) is 5.82 Å². The van der Waals surface area contributed by atoms with Crippen LogP contribution in [0, 0.1) is 11.7 Å². The van der Waals surface area contributed by atoms with Crippen LogP contribution in [0.5, 0.6) is 0 Å². The third-order valence-electron chi connectivity index (χ3n) is 4.70. The van der Waals surface area contributed by atoms with Crippen LogP contribution in [0.1, 0.15) is 31.2 Å². The summed E-state index contributed by atoms with van der Waals surface area (Å²) in [5.41, 5.74) is 1.15.